The highest BCUT2D eigenvalue weighted by Gasteiger charge is 2.13. The van der Waals surface area contributed by atoms with E-state index in [4.69, 9.17) is 11.6 Å². The van der Waals surface area contributed by atoms with Gasteiger partial charge in [-0.05, 0) is 42.3 Å². The maximum atomic E-state index is 12.2. The number of carbonyl (C=O) groups is 2. The topological polar surface area (TPSA) is 83.1 Å². The van der Waals surface area contributed by atoms with Crippen LogP contribution in [0.15, 0.2) is 42.7 Å². The molecule has 0 aliphatic carbocycles. The second-order valence-electron chi connectivity index (χ2n) is 5.22. The predicted octanol–water partition coefficient (Wildman–Crippen LogP) is 3.97. The maximum Gasteiger partial charge on any atom is 0.319 e. The molecule has 7 heteroatoms. The van der Waals surface area contributed by atoms with Crippen molar-refractivity contribution in [3.05, 3.63) is 53.3 Å². The van der Waals surface area contributed by atoms with Gasteiger partial charge in [0.15, 0.2) is 0 Å². The Kier molecular flexibility index (Phi) is 6.14. The van der Waals surface area contributed by atoms with Crippen molar-refractivity contribution in [2.75, 3.05) is 10.6 Å². The fraction of sp³-hybridized carbons (Fsp3) is 0.235. The first-order valence-electron chi connectivity index (χ1n) is 7.54. The Morgan fingerprint density at radius 2 is 1.88 bits per heavy atom. The average molecular weight is 347 g/mol. The van der Waals surface area contributed by atoms with E-state index in [9.17, 15) is 9.59 Å². The fourth-order valence-electron chi connectivity index (χ4n) is 2.23. The lowest BCUT2D eigenvalue weighted by molar-refractivity contribution is -0.114. The zero-order valence-electron chi connectivity index (χ0n) is 13.5. The number of nitrogens with zero attached hydrogens (tertiary/aromatic N) is 1. The molecule has 0 saturated carbocycles. The number of rotatable bonds is 5. The standard InChI is InChI=1S/C17H19ClN4O2/c1-3-15(12-6-8-19-9-7-12)21-17(24)22-16-5-4-13(10-14(16)18)20-11(2)23/h4-10,15H,3H2,1-2H3,(H,20,23)(H2,21,22,24)/t15-/m1/s1. The molecule has 0 aliphatic heterocycles. The van der Waals surface area contributed by atoms with Gasteiger partial charge in [-0.1, -0.05) is 18.5 Å². The van der Waals surface area contributed by atoms with Crippen molar-refractivity contribution in [1.29, 1.82) is 0 Å². The Balaban J connectivity index is 2.02. The number of anilines is 2. The van der Waals surface area contributed by atoms with Crippen LogP contribution < -0.4 is 16.0 Å². The number of halogens is 1. The Labute approximate surface area is 145 Å². The van der Waals surface area contributed by atoms with Crippen LogP contribution in [0.5, 0.6) is 0 Å². The summed E-state index contributed by atoms with van der Waals surface area (Å²) < 4.78 is 0. The van der Waals surface area contributed by atoms with Gasteiger partial charge in [-0.25, -0.2) is 4.79 Å². The minimum absolute atomic E-state index is 0.120. The van der Waals surface area contributed by atoms with Crippen molar-refractivity contribution < 1.29 is 9.59 Å². The Bertz CT molecular complexity index is 722. The molecule has 126 valence electrons. The molecule has 1 heterocycles. The van der Waals surface area contributed by atoms with Crippen molar-refractivity contribution in [2.24, 2.45) is 0 Å². The minimum Gasteiger partial charge on any atom is -0.331 e. The quantitative estimate of drug-likeness (QED) is 0.766. The van der Waals surface area contributed by atoms with Crippen LogP contribution in [0, 0.1) is 0 Å². The van der Waals surface area contributed by atoms with E-state index in [2.05, 4.69) is 20.9 Å². The summed E-state index contributed by atoms with van der Waals surface area (Å²) in [5.74, 6) is -0.187. The largest absolute Gasteiger partial charge is 0.331 e. The Morgan fingerprint density at radius 3 is 2.46 bits per heavy atom. The smallest absolute Gasteiger partial charge is 0.319 e. The van der Waals surface area contributed by atoms with Crippen molar-refractivity contribution in [2.45, 2.75) is 26.3 Å². The molecule has 0 unspecified atom stereocenters. The van der Waals surface area contributed by atoms with Gasteiger partial charge in [0.05, 0.1) is 16.8 Å². The number of hydrogen-bond donors (Lipinski definition) is 3. The van der Waals surface area contributed by atoms with Crippen LogP contribution >= 0.6 is 11.6 Å². The summed E-state index contributed by atoms with van der Waals surface area (Å²) >= 11 is 6.14. The Hall–Kier alpha value is -2.60. The van der Waals surface area contributed by atoms with E-state index < -0.39 is 0 Å². The van der Waals surface area contributed by atoms with E-state index in [1.807, 2.05) is 19.1 Å². The molecule has 0 spiro atoms. The summed E-state index contributed by atoms with van der Waals surface area (Å²) in [5, 5.41) is 8.59. The van der Waals surface area contributed by atoms with Crippen molar-refractivity contribution in [3.8, 4) is 0 Å². The second kappa shape index (κ2) is 8.31. The monoisotopic (exact) mass is 346 g/mol. The molecule has 0 saturated heterocycles. The molecule has 3 amide bonds. The van der Waals surface area contributed by atoms with E-state index in [0.717, 1.165) is 12.0 Å². The lowest BCUT2D eigenvalue weighted by Crippen LogP contribution is -2.32. The van der Waals surface area contributed by atoms with Gasteiger partial charge in [0.25, 0.3) is 0 Å². The predicted molar refractivity (Wildman–Crippen MR) is 95.2 cm³/mol. The molecule has 1 aromatic heterocycles. The molecule has 6 nitrogen and oxygen atoms in total. The van der Waals surface area contributed by atoms with Crippen molar-refractivity contribution in [1.82, 2.24) is 10.3 Å². The molecule has 24 heavy (non-hydrogen) atoms. The zero-order chi connectivity index (χ0) is 17.5. The number of amides is 3. The van der Waals surface area contributed by atoms with Gasteiger partial charge in [0, 0.05) is 25.0 Å². The summed E-state index contributed by atoms with van der Waals surface area (Å²) in [4.78, 5) is 27.2. The third-order valence-electron chi connectivity index (χ3n) is 3.36. The lowest BCUT2D eigenvalue weighted by atomic mass is 10.1. The van der Waals surface area contributed by atoms with Crippen LogP contribution in [0.25, 0.3) is 0 Å². The summed E-state index contributed by atoms with van der Waals surface area (Å²) in [7, 11) is 0. The minimum atomic E-state index is -0.354. The molecule has 1 aromatic carbocycles. The highest BCUT2D eigenvalue weighted by Crippen LogP contribution is 2.26. The molecular weight excluding hydrogens is 328 g/mol. The van der Waals surface area contributed by atoms with E-state index >= 15 is 0 Å². The van der Waals surface area contributed by atoms with Crippen LogP contribution in [0.3, 0.4) is 0 Å². The normalized spacial score (nSPS) is 11.5. The average Bonchev–Trinajstić information content (AvgIpc) is 2.55. The maximum absolute atomic E-state index is 12.2. The molecule has 3 N–H and O–H groups in total. The van der Waals surface area contributed by atoms with Crippen molar-refractivity contribution in [3.63, 3.8) is 0 Å². The molecular formula is C17H19ClN4O2. The number of benzene rings is 1. The first kappa shape index (κ1) is 17.7. The first-order valence-corrected chi connectivity index (χ1v) is 7.92. The van der Waals surface area contributed by atoms with Gasteiger partial charge < -0.3 is 16.0 Å². The second-order valence-corrected chi connectivity index (χ2v) is 5.62. The van der Waals surface area contributed by atoms with Gasteiger partial charge in [-0.3, -0.25) is 9.78 Å². The third kappa shape index (κ3) is 4.96. The zero-order valence-corrected chi connectivity index (χ0v) is 14.2. The third-order valence-corrected chi connectivity index (χ3v) is 3.67. The van der Waals surface area contributed by atoms with Gasteiger partial charge in [-0.2, -0.15) is 0 Å². The number of nitrogens with one attached hydrogen (secondary N) is 3. The van der Waals surface area contributed by atoms with Crippen LogP contribution in [-0.4, -0.2) is 16.9 Å². The molecule has 2 rings (SSSR count). The number of urea groups is 1. The SMILES string of the molecule is CC[C@@H](NC(=O)Nc1ccc(NC(C)=O)cc1Cl)c1ccncc1. The molecule has 0 fully saturated rings. The molecule has 0 bridgehead atoms. The summed E-state index contributed by atoms with van der Waals surface area (Å²) in [5.41, 5.74) is 2.02. The van der Waals surface area contributed by atoms with E-state index in [1.54, 1.807) is 30.6 Å². The van der Waals surface area contributed by atoms with Crippen LogP contribution in [-0.2, 0) is 4.79 Å². The van der Waals surface area contributed by atoms with Gasteiger partial charge in [-0.15, -0.1) is 0 Å². The van der Waals surface area contributed by atoms with E-state index in [0.29, 0.717) is 16.4 Å². The molecule has 0 aliphatic rings. The van der Waals surface area contributed by atoms with Gasteiger partial charge in [0.1, 0.15) is 0 Å². The fourth-order valence-corrected chi connectivity index (χ4v) is 2.46. The van der Waals surface area contributed by atoms with Gasteiger partial charge in [0.2, 0.25) is 5.91 Å². The molecule has 0 radical (unpaired) electrons. The van der Waals surface area contributed by atoms with Gasteiger partial charge >= 0.3 is 6.03 Å². The number of aromatic nitrogens is 1. The lowest BCUT2D eigenvalue weighted by Gasteiger charge is -2.18. The summed E-state index contributed by atoms with van der Waals surface area (Å²) in [6, 6.07) is 8.15. The van der Waals surface area contributed by atoms with Crippen molar-refractivity contribution >= 4 is 34.9 Å². The summed E-state index contributed by atoms with van der Waals surface area (Å²) in [6.45, 7) is 3.40. The number of carbonyl (C=O) groups excluding carboxylic acids is 2. The highest BCUT2D eigenvalue weighted by atomic mass is 35.5. The van der Waals surface area contributed by atoms with Crippen LogP contribution in [0.1, 0.15) is 31.9 Å². The van der Waals surface area contributed by atoms with E-state index in [-0.39, 0.29) is 18.0 Å². The molecule has 2 aromatic rings. The van der Waals surface area contributed by atoms with E-state index in [1.165, 1.54) is 6.92 Å². The number of hydrogen-bond acceptors (Lipinski definition) is 3. The Morgan fingerprint density at radius 1 is 1.17 bits per heavy atom. The molecule has 1 atom stereocenters. The van der Waals surface area contributed by atoms with Crippen LogP contribution in [0.2, 0.25) is 5.02 Å². The number of pyridine rings is 1. The highest BCUT2D eigenvalue weighted by molar-refractivity contribution is 6.34. The summed E-state index contributed by atoms with van der Waals surface area (Å²) in [6.07, 6.45) is 4.12. The first-order chi connectivity index (χ1) is 11.5. The van der Waals surface area contributed by atoms with Crippen LogP contribution in [0.4, 0.5) is 16.2 Å².